The highest BCUT2D eigenvalue weighted by molar-refractivity contribution is 5.93. The molecule has 4 rings (SSSR count). The van der Waals surface area contributed by atoms with Crippen LogP contribution in [0.5, 0.6) is 17.2 Å². The van der Waals surface area contributed by atoms with Crippen molar-refractivity contribution < 1.29 is 23.5 Å². The van der Waals surface area contributed by atoms with Crippen molar-refractivity contribution in [1.82, 2.24) is 9.72 Å². The van der Waals surface area contributed by atoms with Crippen LogP contribution >= 0.6 is 0 Å². The average Bonchev–Trinajstić information content (AvgIpc) is 3.17. The number of fused-ring (bicyclic) bond motifs is 1. The molecule has 0 spiro atoms. The van der Waals surface area contributed by atoms with E-state index < -0.39 is 5.97 Å². The molecule has 0 radical (unpaired) electrons. The largest absolute Gasteiger partial charge is 0.486 e. The predicted octanol–water partition coefficient (Wildman–Crippen LogP) is 3.38. The summed E-state index contributed by atoms with van der Waals surface area (Å²) in [6, 6.07) is 8.67. The molecule has 3 heterocycles. The molecule has 0 N–H and O–H groups in total. The molecule has 1 aliphatic rings. The number of hydrogen-bond donors (Lipinski definition) is 0. The van der Waals surface area contributed by atoms with E-state index in [4.69, 9.17) is 18.7 Å². The van der Waals surface area contributed by atoms with E-state index in [1.165, 1.54) is 0 Å². The maximum atomic E-state index is 12.7. The predicted molar refractivity (Wildman–Crippen MR) is 92.4 cm³/mol. The van der Waals surface area contributed by atoms with Gasteiger partial charge in [0.05, 0.1) is 5.56 Å². The highest BCUT2D eigenvalue weighted by Crippen LogP contribution is 2.34. The van der Waals surface area contributed by atoms with Crippen LogP contribution in [0, 0.1) is 20.8 Å². The Morgan fingerprint density at radius 1 is 1.08 bits per heavy atom. The second-order valence-corrected chi connectivity index (χ2v) is 6.11. The summed E-state index contributed by atoms with van der Waals surface area (Å²) < 4.78 is 23.5. The third kappa shape index (κ3) is 2.81. The van der Waals surface area contributed by atoms with Gasteiger partial charge in [0.2, 0.25) is 0 Å². The lowest BCUT2D eigenvalue weighted by Gasteiger charge is -2.18. The fourth-order valence-corrected chi connectivity index (χ4v) is 3.03. The molecule has 0 unspecified atom stereocenters. The van der Waals surface area contributed by atoms with Gasteiger partial charge in [0.1, 0.15) is 24.7 Å². The topological polar surface area (TPSA) is 75.7 Å². The Labute approximate surface area is 150 Å². The zero-order chi connectivity index (χ0) is 18.3. The number of carbonyl (C=O) groups is 1. The SMILES string of the molecule is Cc1cc(-n2c(C)cc(C(=O)Oc3ccc4c(c3)OCCO4)c2C)no1. The van der Waals surface area contributed by atoms with Crippen LogP contribution in [-0.4, -0.2) is 28.9 Å². The second kappa shape index (κ2) is 6.25. The van der Waals surface area contributed by atoms with Crippen molar-refractivity contribution in [2.45, 2.75) is 20.8 Å². The fraction of sp³-hybridized carbons (Fsp3) is 0.263. The Morgan fingerprint density at radius 3 is 2.58 bits per heavy atom. The van der Waals surface area contributed by atoms with Crippen molar-refractivity contribution >= 4 is 5.97 Å². The van der Waals surface area contributed by atoms with Crippen LogP contribution in [0.25, 0.3) is 5.82 Å². The molecule has 0 fully saturated rings. The van der Waals surface area contributed by atoms with Crippen LogP contribution in [0.15, 0.2) is 34.9 Å². The quantitative estimate of drug-likeness (QED) is 0.530. The number of benzene rings is 1. The van der Waals surface area contributed by atoms with Crippen LogP contribution in [-0.2, 0) is 0 Å². The van der Waals surface area contributed by atoms with Gasteiger partial charge in [0.25, 0.3) is 0 Å². The van der Waals surface area contributed by atoms with Crippen molar-refractivity contribution in [3.8, 4) is 23.1 Å². The van der Waals surface area contributed by atoms with Crippen molar-refractivity contribution in [2.75, 3.05) is 13.2 Å². The molecule has 1 aliphatic heterocycles. The van der Waals surface area contributed by atoms with Crippen LogP contribution in [0.4, 0.5) is 0 Å². The Hall–Kier alpha value is -3.22. The maximum Gasteiger partial charge on any atom is 0.345 e. The highest BCUT2D eigenvalue weighted by atomic mass is 16.6. The van der Waals surface area contributed by atoms with Crippen LogP contribution < -0.4 is 14.2 Å². The monoisotopic (exact) mass is 354 g/mol. The van der Waals surface area contributed by atoms with Gasteiger partial charge < -0.3 is 18.7 Å². The van der Waals surface area contributed by atoms with E-state index in [9.17, 15) is 4.79 Å². The zero-order valence-corrected chi connectivity index (χ0v) is 14.7. The summed E-state index contributed by atoms with van der Waals surface area (Å²) in [6.07, 6.45) is 0. The van der Waals surface area contributed by atoms with E-state index in [2.05, 4.69) is 5.16 Å². The summed E-state index contributed by atoms with van der Waals surface area (Å²) >= 11 is 0. The van der Waals surface area contributed by atoms with E-state index in [1.807, 2.05) is 31.4 Å². The van der Waals surface area contributed by atoms with E-state index in [-0.39, 0.29) is 0 Å². The van der Waals surface area contributed by atoms with Crippen molar-refractivity contribution in [2.24, 2.45) is 0 Å². The minimum Gasteiger partial charge on any atom is -0.486 e. The molecule has 0 amide bonds. The van der Waals surface area contributed by atoms with Gasteiger partial charge in [-0.15, -0.1) is 0 Å². The van der Waals surface area contributed by atoms with Gasteiger partial charge in [-0.25, -0.2) is 4.79 Å². The van der Waals surface area contributed by atoms with Crippen molar-refractivity contribution in [3.05, 3.63) is 53.0 Å². The maximum absolute atomic E-state index is 12.7. The average molecular weight is 354 g/mol. The second-order valence-electron chi connectivity index (χ2n) is 6.11. The zero-order valence-electron chi connectivity index (χ0n) is 14.7. The molecule has 0 atom stereocenters. The number of nitrogens with zero attached hydrogens (tertiary/aromatic N) is 2. The first-order chi connectivity index (χ1) is 12.5. The third-order valence-electron chi connectivity index (χ3n) is 4.22. The van der Waals surface area contributed by atoms with Gasteiger partial charge >= 0.3 is 5.97 Å². The first kappa shape index (κ1) is 16.3. The molecule has 26 heavy (non-hydrogen) atoms. The molecule has 134 valence electrons. The number of aromatic nitrogens is 2. The number of aryl methyl sites for hydroxylation is 2. The number of rotatable bonds is 3. The number of carbonyl (C=O) groups excluding carboxylic acids is 1. The molecule has 2 aromatic heterocycles. The first-order valence-corrected chi connectivity index (χ1v) is 8.27. The summed E-state index contributed by atoms with van der Waals surface area (Å²) in [7, 11) is 0. The summed E-state index contributed by atoms with van der Waals surface area (Å²) in [5.74, 6) is 2.52. The van der Waals surface area contributed by atoms with Gasteiger partial charge in [0.15, 0.2) is 17.3 Å². The van der Waals surface area contributed by atoms with Crippen molar-refractivity contribution in [1.29, 1.82) is 0 Å². The summed E-state index contributed by atoms with van der Waals surface area (Å²) in [5.41, 5.74) is 2.07. The fourth-order valence-electron chi connectivity index (χ4n) is 3.03. The smallest absolute Gasteiger partial charge is 0.345 e. The molecule has 0 aliphatic carbocycles. The van der Waals surface area contributed by atoms with Crippen LogP contribution in [0.3, 0.4) is 0 Å². The minimum atomic E-state index is -0.443. The van der Waals surface area contributed by atoms with E-state index in [0.29, 0.717) is 47.6 Å². The lowest BCUT2D eigenvalue weighted by molar-refractivity contribution is 0.0732. The third-order valence-corrected chi connectivity index (χ3v) is 4.22. The molecule has 7 nitrogen and oxygen atoms in total. The lowest BCUT2D eigenvalue weighted by Crippen LogP contribution is -2.15. The molecular formula is C19H18N2O5. The summed E-state index contributed by atoms with van der Waals surface area (Å²) in [5, 5.41) is 4.02. The van der Waals surface area contributed by atoms with Gasteiger partial charge in [-0.3, -0.25) is 4.57 Å². The van der Waals surface area contributed by atoms with Gasteiger partial charge in [-0.05, 0) is 39.0 Å². The number of hydrogen-bond acceptors (Lipinski definition) is 6. The Morgan fingerprint density at radius 2 is 1.85 bits per heavy atom. The molecule has 0 saturated carbocycles. The molecule has 7 heteroatoms. The van der Waals surface area contributed by atoms with Gasteiger partial charge in [0, 0.05) is 23.5 Å². The number of esters is 1. The molecule has 1 aromatic carbocycles. The summed E-state index contributed by atoms with van der Waals surface area (Å²) in [6.45, 7) is 6.55. The Balaban J connectivity index is 1.61. The van der Waals surface area contributed by atoms with Crippen LogP contribution in [0.2, 0.25) is 0 Å². The highest BCUT2D eigenvalue weighted by Gasteiger charge is 2.21. The van der Waals surface area contributed by atoms with Gasteiger partial charge in [-0.2, -0.15) is 0 Å². The van der Waals surface area contributed by atoms with Gasteiger partial charge in [-0.1, -0.05) is 5.16 Å². The standard InChI is InChI=1S/C19H18N2O5/c1-11-8-15(13(3)21(11)18-9-12(2)26-20-18)19(22)25-14-4-5-16-17(10-14)24-7-6-23-16/h4-5,8-10H,6-7H2,1-3H3. The van der Waals surface area contributed by atoms with E-state index >= 15 is 0 Å². The summed E-state index contributed by atoms with van der Waals surface area (Å²) in [4.78, 5) is 12.7. The lowest BCUT2D eigenvalue weighted by atomic mass is 10.2. The first-order valence-electron chi connectivity index (χ1n) is 8.27. The molecule has 3 aromatic rings. The molecule has 0 saturated heterocycles. The van der Waals surface area contributed by atoms with E-state index in [1.54, 1.807) is 24.3 Å². The minimum absolute atomic E-state index is 0.404. The molecular weight excluding hydrogens is 336 g/mol. The molecule has 0 bridgehead atoms. The number of ether oxygens (including phenoxy) is 3. The van der Waals surface area contributed by atoms with E-state index in [0.717, 1.165) is 11.4 Å². The Bertz CT molecular complexity index is 986. The Kier molecular flexibility index (Phi) is 3.91. The van der Waals surface area contributed by atoms with Crippen LogP contribution in [0.1, 0.15) is 27.5 Å². The van der Waals surface area contributed by atoms with Crippen molar-refractivity contribution in [3.63, 3.8) is 0 Å². The normalized spacial score (nSPS) is 12.9.